The minimum atomic E-state index is -0.202. The van der Waals surface area contributed by atoms with Crippen LogP contribution in [0, 0.1) is 40.4 Å². The summed E-state index contributed by atoms with van der Waals surface area (Å²) in [5.41, 5.74) is 0.263. The minimum Gasteiger partial charge on any atom is -0.391 e. The Hall–Kier alpha value is -0.0600. The van der Waals surface area contributed by atoms with Gasteiger partial charge in [-0.15, -0.1) is 0 Å². The van der Waals surface area contributed by atoms with E-state index in [1.807, 2.05) is 6.92 Å². The molecular formula is C27H45NO2S. The molecule has 0 aromatic carbocycles. The molecule has 9 atom stereocenters. The number of aliphatic hydroxyl groups is 1. The Morgan fingerprint density at radius 3 is 2.42 bits per heavy atom. The molecule has 1 aliphatic heterocycles. The quantitative estimate of drug-likeness (QED) is 0.615. The number of aliphatic hydroxyl groups excluding tert-OH is 1. The van der Waals surface area contributed by atoms with Gasteiger partial charge in [-0.05, 0) is 101 Å². The van der Waals surface area contributed by atoms with Gasteiger partial charge in [-0.2, -0.15) is 11.8 Å². The molecule has 3 nitrogen and oxygen atoms in total. The zero-order chi connectivity index (χ0) is 22.2. The molecule has 5 aliphatic rings. The molecule has 31 heavy (non-hydrogen) atoms. The number of carbonyl (C=O) groups is 1. The van der Waals surface area contributed by atoms with Crippen LogP contribution in [0.25, 0.3) is 0 Å². The Labute approximate surface area is 194 Å². The zero-order valence-corrected chi connectivity index (χ0v) is 21.3. The van der Waals surface area contributed by atoms with E-state index in [2.05, 4.69) is 44.4 Å². The number of nitrogens with zero attached hydrogens (tertiary/aromatic N) is 1. The third-order valence-electron chi connectivity index (χ3n) is 11.2. The van der Waals surface area contributed by atoms with Crippen molar-refractivity contribution in [2.24, 2.45) is 40.4 Å². The van der Waals surface area contributed by atoms with Crippen molar-refractivity contribution in [2.75, 3.05) is 18.8 Å². The third kappa shape index (κ3) is 3.40. The van der Waals surface area contributed by atoms with Crippen molar-refractivity contribution in [3.63, 3.8) is 0 Å². The highest BCUT2D eigenvalue weighted by Crippen LogP contribution is 2.67. The maximum atomic E-state index is 12.4. The lowest BCUT2D eigenvalue weighted by molar-refractivity contribution is -0.185. The first kappa shape index (κ1) is 22.7. The van der Waals surface area contributed by atoms with E-state index in [0.717, 1.165) is 19.5 Å². The van der Waals surface area contributed by atoms with Crippen molar-refractivity contribution in [1.29, 1.82) is 0 Å². The highest BCUT2D eigenvalue weighted by molar-refractivity contribution is 8.00. The fourth-order valence-electron chi connectivity index (χ4n) is 9.72. The van der Waals surface area contributed by atoms with Gasteiger partial charge in [0.15, 0.2) is 0 Å². The number of thioether (sulfide) groups is 1. The third-order valence-corrected chi connectivity index (χ3v) is 12.5. The second-order valence-electron chi connectivity index (χ2n) is 13.0. The largest absolute Gasteiger partial charge is 0.391 e. The molecule has 0 amide bonds. The van der Waals surface area contributed by atoms with Gasteiger partial charge in [-0.25, -0.2) is 0 Å². The molecule has 0 aromatic rings. The summed E-state index contributed by atoms with van der Waals surface area (Å²) in [6, 6.07) is 0.335. The fourth-order valence-corrected chi connectivity index (χ4v) is 10.9. The van der Waals surface area contributed by atoms with Crippen LogP contribution in [0.4, 0.5) is 0 Å². The van der Waals surface area contributed by atoms with Gasteiger partial charge in [0, 0.05) is 41.0 Å². The molecule has 1 unspecified atom stereocenters. The monoisotopic (exact) mass is 447 g/mol. The molecule has 4 heteroatoms. The van der Waals surface area contributed by atoms with Crippen molar-refractivity contribution < 1.29 is 9.90 Å². The highest BCUT2D eigenvalue weighted by Gasteiger charge is 2.63. The van der Waals surface area contributed by atoms with E-state index in [1.54, 1.807) is 0 Å². The van der Waals surface area contributed by atoms with Crippen LogP contribution in [0.2, 0.25) is 0 Å². The van der Waals surface area contributed by atoms with E-state index in [0.29, 0.717) is 40.2 Å². The van der Waals surface area contributed by atoms with Gasteiger partial charge in [0.25, 0.3) is 0 Å². The van der Waals surface area contributed by atoms with Gasteiger partial charge >= 0.3 is 0 Å². The average molecular weight is 448 g/mol. The maximum Gasteiger partial charge on any atom is 0.133 e. The molecule has 4 aliphatic carbocycles. The number of ketones is 1. The zero-order valence-electron chi connectivity index (χ0n) is 20.5. The van der Waals surface area contributed by atoms with Gasteiger partial charge in [-0.1, -0.05) is 13.8 Å². The Morgan fingerprint density at radius 1 is 0.968 bits per heavy atom. The molecule has 5 rings (SSSR count). The lowest BCUT2D eigenvalue weighted by Crippen LogP contribution is -2.65. The highest BCUT2D eigenvalue weighted by atomic mass is 32.2. The molecule has 1 saturated heterocycles. The van der Waals surface area contributed by atoms with Crippen LogP contribution < -0.4 is 0 Å². The van der Waals surface area contributed by atoms with Gasteiger partial charge in [0.05, 0.1) is 6.10 Å². The van der Waals surface area contributed by atoms with Crippen molar-refractivity contribution >= 4 is 17.5 Å². The Morgan fingerprint density at radius 2 is 1.71 bits per heavy atom. The summed E-state index contributed by atoms with van der Waals surface area (Å²) in [6.07, 6.45) is 9.64. The van der Waals surface area contributed by atoms with Gasteiger partial charge in [-0.3, -0.25) is 9.69 Å². The minimum absolute atomic E-state index is 0.0518. The van der Waals surface area contributed by atoms with Crippen molar-refractivity contribution in [3.05, 3.63) is 0 Å². The summed E-state index contributed by atoms with van der Waals surface area (Å²) in [7, 11) is 0. The smallest absolute Gasteiger partial charge is 0.133 e. The van der Waals surface area contributed by atoms with Crippen LogP contribution in [0.15, 0.2) is 0 Å². The van der Waals surface area contributed by atoms with Gasteiger partial charge in [0.1, 0.15) is 5.78 Å². The molecular weight excluding hydrogens is 402 g/mol. The molecule has 176 valence electrons. The number of rotatable bonds is 2. The first-order valence-electron chi connectivity index (χ1n) is 13.1. The molecule has 4 saturated carbocycles. The van der Waals surface area contributed by atoms with Crippen LogP contribution in [-0.4, -0.2) is 51.5 Å². The molecule has 1 heterocycles. The van der Waals surface area contributed by atoms with Crippen LogP contribution >= 0.6 is 11.8 Å². The average Bonchev–Trinajstić information content (AvgIpc) is 3.06. The van der Waals surface area contributed by atoms with E-state index in [1.165, 1.54) is 50.7 Å². The maximum absolute atomic E-state index is 12.4. The summed E-state index contributed by atoms with van der Waals surface area (Å²) in [5, 5.41) is 12.0. The Balaban J connectivity index is 1.41. The van der Waals surface area contributed by atoms with E-state index < -0.39 is 0 Å². The second-order valence-corrected chi connectivity index (χ2v) is 14.8. The van der Waals surface area contributed by atoms with Crippen LogP contribution in [0.3, 0.4) is 0 Å². The number of carbonyl (C=O) groups excluding carboxylic acids is 1. The van der Waals surface area contributed by atoms with Crippen molar-refractivity contribution in [1.82, 2.24) is 4.90 Å². The number of Topliss-reactive ketones (excluding diaryl/α,β-unsaturated/α-hetero) is 1. The van der Waals surface area contributed by atoms with Crippen LogP contribution in [0.1, 0.15) is 86.0 Å². The lowest BCUT2D eigenvalue weighted by Gasteiger charge is -2.63. The summed E-state index contributed by atoms with van der Waals surface area (Å²) in [4.78, 5) is 15.1. The van der Waals surface area contributed by atoms with E-state index in [9.17, 15) is 9.90 Å². The van der Waals surface area contributed by atoms with Crippen LogP contribution in [0.5, 0.6) is 0 Å². The number of hydrogen-bond acceptors (Lipinski definition) is 4. The molecule has 0 spiro atoms. The van der Waals surface area contributed by atoms with Crippen LogP contribution in [-0.2, 0) is 4.79 Å². The predicted molar refractivity (Wildman–Crippen MR) is 129 cm³/mol. The first-order chi connectivity index (χ1) is 14.6. The van der Waals surface area contributed by atoms with Crippen molar-refractivity contribution in [3.8, 4) is 0 Å². The summed E-state index contributed by atoms with van der Waals surface area (Å²) >= 11 is 2.09. The van der Waals surface area contributed by atoms with Gasteiger partial charge < -0.3 is 5.11 Å². The molecule has 1 N–H and O–H groups in total. The standard InChI is InChI=1S/C27H45NO2S/c1-17(29)20-9-10-21-19-8-6-18-7-11-23(28-14-15-31-25(2,3)16-28)24(30)27(18,5)22(19)12-13-26(20,21)4/h18-24,30H,6-16H2,1-5H3/t18-,19-,20+,21-,22-,23+,24?,26+,27-/m0/s1. The van der Waals surface area contributed by atoms with E-state index >= 15 is 0 Å². The second kappa shape index (κ2) is 7.73. The lowest BCUT2D eigenvalue weighted by atomic mass is 9.43. The topological polar surface area (TPSA) is 40.5 Å². The Kier molecular flexibility index (Phi) is 5.67. The first-order valence-corrected chi connectivity index (χ1v) is 14.1. The summed E-state index contributed by atoms with van der Waals surface area (Å²) in [6.45, 7) is 13.7. The van der Waals surface area contributed by atoms with Crippen molar-refractivity contribution in [2.45, 2.75) is 103 Å². The molecule has 0 bridgehead atoms. The van der Waals surface area contributed by atoms with Gasteiger partial charge in [0.2, 0.25) is 0 Å². The molecule has 0 aromatic heterocycles. The summed E-state index contributed by atoms with van der Waals surface area (Å²) in [5.74, 6) is 4.62. The number of hydrogen-bond donors (Lipinski definition) is 1. The molecule has 5 fully saturated rings. The van der Waals surface area contributed by atoms with E-state index in [-0.39, 0.29) is 22.9 Å². The SMILES string of the molecule is CC(=O)[C@H]1CC[C@H]2[C@@H]3CC[C@H]4CC[C@@H](N5CCSC(C)(C)C5)C(O)[C@]4(C)[C@H]3CC[C@]12C. The number of fused-ring (bicyclic) bond motifs is 5. The Bertz CT molecular complexity index is 724. The fraction of sp³-hybridized carbons (Fsp3) is 0.963. The predicted octanol–water partition coefficient (Wildman–Crippen LogP) is 5.40. The molecule has 0 radical (unpaired) electrons. The summed E-state index contributed by atoms with van der Waals surface area (Å²) < 4.78 is 0.295. The normalized spacial score (nSPS) is 52.1. The van der Waals surface area contributed by atoms with E-state index in [4.69, 9.17) is 0 Å².